The smallest absolute Gasteiger partial charge is 0.228 e. The average molecular weight is 357 g/mol. The average Bonchev–Trinajstić information content (AvgIpc) is 3.04. The van der Waals surface area contributed by atoms with Gasteiger partial charge in [-0.15, -0.1) is 0 Å². The zero-order chi connectivity index (χ0) is 18.4. The SMILES string of the molecule is Cc1oc(-c2ccccc2)nc1CC(=O)N1CCC(OCCCN)CC1. The number of carbonyl (C=O) groups is 1. The molecule has 1 aromatic carbocycles. The molecule has 0 saturated carbocycles. The summed E-state index contributed by atoms with van der Waals surface area (Å²) in [6.45, 7) is 4.68. The van der Waals surface area contributed by atoms with Crippen LogP contribution in [0.5, 0.6) is 0 Å². The second-order valence-corrected chi connectivity index (χ2v) is 6.66. The van der Waals surface area contributed by atoms with Gasteiger partial charge in [0.25, 0.3) is 0 Å². The summed E-state index contributed by atoms with van der Waals surface area (Å²) in [5, 5.41) is 0. The third-order valence-electron chi connectivity index (χ3n) is 4.73. The molecule has 0 spiro atoms. The summed E-state index contributed by atoms with van der Waals surface area (Å²) in [4.78, 5) is 19.1. The van der Waals surface area contributed by atoms with E-state index in [-0.39, 0.29) is 18.4 Å². The van der Waals surface area contributed by atoms with Crippen molar-refractivity contribution in [1.82, 2.24) is 9.88 Å². The van der Waals surface area contributed by atoms with E-state index in [0.717, 1.165) is 43.6 Å². The van der Waals surface area contributed by atoms with Crippen LogP contribution in [0.25, 0.3) is 11.5 Å². The molecule has 0 radical (unpaired) electrons. The van der Waals surface area contributed by atoms with Crippen LogP contribution in [-0.2, 0) is 16.0 Å². The highest BCUT2D eigenvalue weighted by Crippen LogP contribution is 2.22. The molecule has 0 bridgehead atoms. The molecule has 1 saturated heterocycles. The van der Waals surface area contributed by atoms with E-state index in [1.807, 2.05) is 42.2 Å². The fourth-order valence-electron chi connectivity index (χ4n) is 3.16. The number of benzene rings is 1. The van der Waals surface area contributed by atoms with Crippen molar-refractivity contribution in [2.45, 2.75) is 38.7 Å². The number of nitrogens with zero attached hydrogens (tertiary/aromatic N) is 2. The summed E-state index contributed by atoms with van der Waals surface area (Å²) in [6, 6.07) is 9.74. The molecule has 1 fully saturated rings. The molecule has 3 rings (SSSR count). The Hall–Kier alpha value is -2.18. The summed E-state index contributed by atoms with van der Waals surface area (Å²) in [5.74, 6) is 1.37. The maximum absolute atomic E-state index is 12.6. The minimum absolute atomic E-state index is 0.0985. The van der Waals surface area contributed by atoms with Gasteiger partial charge in [0.1, 0.15) is 5.76 Å². The van der Waals surface area contributed by atoms with Crippen LogP contribution in [0.1, 0.15) is 30.7 Å². The van der Waals surface area contributed by atoms with Crippen molar-refractivity contribution in [2.75, 3.05) is 26.2 Å². The Balaban J connectivity index is 1.53. The van der Waals surface area contributed by atoms with Crippen molar-refractivity contribution >= 4 is 5.91 Å². The van der Waals surface area contributed by atoms with E-state index in [1.54, 1.807) is 0 Å². The van der Waals surface area contributed by atoms with Crippen molar-refractivity contribution in [1.29, 1.82) is 0 Å². The van der Waals surface area contributed by atoms with E-state index in [9.17, 15) is 4.79 Å². The summed E-state index contributed by atoms with van der Waals surface area (Å²) in [7, 11) is 0. The lowest BCUT2D eigenvalue weighted by Gasteiger charge is -2.32. The van der Waals surface area contributed by atoms with Gasteiger partial charge >= 0.3 is 0 Å². The number of aromatic nitrogens is 1. The number of nitrogens with two attached hydrogens (primary N) is 1. The van der Waals surface area contributed by atoms with E-state index in [0.29, 0.717) is 24.8 Å². The van der Waals surface area contributed by atoms with Gasteiger partial charge in [0, 0.05) is 25.3 Å². The number of carbonyl (C=O) groups excluding carboxylic acids is 1. The normalized spacial score (nSPS) is 15.4. The van der Waals surface area contributed by atoms with E-state index in [1.165, 1.54) is 0 Å². The van der Waals surface area contributed by atoms with Crippen molar-refractivity contribution < 1.29 is 13.9 Å². The van der Waals surface area contributed by atoms with E-state index < -0.39 is 0 Å². The van der Waals surface area contributed by atoms with Gasteiger partial charge in [-0.1, -0.05) is 18.2 Å². The minimum atomic E-state index is 0.0985. The summed E-state index contributed by atoms with van der Waals surface area (Å²) >= 11 is 0. The van der Waals surface area contributed by atoms with Gasteiger partial charge in [0.05, 0.1) is 18.2 Å². The molecular weight excluding hydrogens is 330 g/mol. The highest BCUT2D eigenvalue weighted by molar-refractivity contribution is 5.78. The number of hydrogen-bond donors (Lipinski definition) is 1. The van der Waals surface area contributed by atoms with Crippen LogP contribution in [0, 0.1) is 6.92 Å². The second kappa shape index (κ2) is 8.96. The topological polar surface area (TPSA) is 81.6 Å². The molecule has 2 aromatic rings. The third-order valence-corrected chi connectivity index (χ3v) is 4.73. The molecule has 2 heterocycles. The van der Waals surface area contributed by atoms with Gasteiger partial charge < -0.3 is 19.8 Å². The van der Waals surface area contributed by atoms with Crippen molar-refractivity contribution in [3.63, 3.8) is 0 Å². The Bertz CT molecular complexity index is 706. The van der Waals surface area contributed by atoms with E-state index >= 15 is 0 Å². The highest BCUT2D eigenvalue weighted by atomic mass is 16.5. The molecule has 1 aromatic heterocycles. The largest absolute Gasteiger partial charge is 0.441 e. The number of likely N-dealkylation sites (tertiary alicyclic amines) is 1. The van der Waals surface area contributed by atoms with Gasteiger partial charge in [-0.3, -0.25) is 4.79 Å². The number of hydrogen-bond acceptors (Lipinski definition) is 5. The van der Waals surface area contributed by atoms with E-state index in [2.05, 4.69) is 4.98 Å². The van der Waals surface area contributed by atoms with Gasteiger partial charge in [-0.25, -0.2) is 4.98 Å². The first-order valence-corrected chi connectivity index (χ1v) is 9.28. The maximum Gasteiger partial charge on any atom is 0.228 e. The van der Waals surface area contributed by atoms with Crippen LogP contribution in [0.3, 0.4) is 0 Å². The Kier molecular flexibility index (Phi) is 6.41. The fraction of sp³-hybridized carbons (Fsp3) is 0.500. The predicted molar refractivity (Wildman–Crippen MR) is 99.6 cm³/mol. The first kappa shape index (κ1) is 18.6. The molecule has 0 aliphatic carbocycles. The minimum Gasteiger partial charge on any atom is -0.441 e. The lowest BCUT2D eigenvalue weighted by atomic mass is 10.1. The molecule has 6 heteroatoms. The number of oxazole rings is 1. The standard InChI is InChI=1S/C20H27N3O3/c1-15-18(22-20(26-15)16-6-3-2-4-7-16)14-19(24)23-11-8-17(9-12-23)25-13-5-10-21/h2-4,6-7,17H,5,8-14,21H2,1H3. The number of aryl methyl sites for hydroxylation is 1. The van der Waals surface area contributed by atoms with Crippen LogP contribution >= 0.6 is 0 Å². The van der Waals surface area contributed by atoms with Crippen LogP contribution in [-0.4, -0.2) is 48.1 Å². The summed E-state index contributed by atoms with van der Waals surface area (Å²) < 4.78 is 11.5. The molecule has 2 N–H and O–H groups in total. The Labute approximate surface area is 154 Å². The second-order valence-electron chi connectivity index (χ2n) is 6.66. The van der Waals surface area contributed by atoms with Crippen molar-refractivity contribution in [3.05, 3.63) is 41.8 Å². The Morgan fingerprint density at radius 2 is 2.04 bits per heavy atom. The third kappa shape index (κ3) is 4.71. The van der Waals surface area contributed by atoms with Gasteiger partial charge in [0.15, 0.2) is 0 Å². The maximum atomic E-state index is 12.6. The van der Waals surface area contributed by atoms with E-state index in [4.69, 9.17) is 14.9 Å². The van der Waals surface area contributed by atoms with Crippen LogP contribution in [0.4, 0.5) is 0 Å². The summed E-state index contributed by atoms with van der Waals surface area (Å²) in [6.07, 6.45) is 3.16. The lowest BCUT2D eigenvalue weighted by Crippen LogP contribution is -2.41. The Morgan fingerprint density at radius 1 is 1.31 bits per heavy atom. The monoisotopic (exact) mass is 357 g/mol. The fourth-order valence-corrected chi connectivity index (χ4v) is 3.16. The molecule has 1 amide bonds. The molecule has 1 aliphatic rings. The molecule has 0 atom stereocenters. The van der Waals surface area contributed by atoms with Crippen LogP contribution < -0.4 is 5.73 Å². The molecule has 6 nitrogen and oxygen atoms in total. The molecule has 140 valence electrons. The van der Waals surface area contributed by atoms with Crippen molar-refractivity contribution in [2.24, 2.45) is 5.73 Å². The zero-order valence-corrected chi connectivity index (χ0v) is 15.3. The quantitative estimate of drug-likeness (QED) is 0.770. The zero-order valence-electron chi connectivity index (χ0n) is 15.3. The van der Waals surface area contributed by atoms with Crippen LogP contribution in [0.15, 0.2) is 34.7 Å². The van der Waals surface area contributed by atoms with Gasteiger partial charge in [-0.05, 0) is 44.9 Å². The number of rotatable bonds is 7. The summed E-state index contributed by atoms with van der Waals surface area (Å²) in [5.41, 5.74) is 7.12. The van der Waals surface area contributed by atoms with Crippen LogP contribution in [0.2, 0.25) is 0 Å². The first-order chi connectivity index (χ1) is 12.7. The highest BCUT2D eigenvalue weighted by Gasteiger charge is 2.24. The predicted octanol–water partition coefficient (Wildman–Crippen LogP) is 2.55. The van der Waals surface area contributed by atoms with Gasteiger partial charge in [0.2, 0.25) is 11.8 Å². The molecule has 1 aliphatic heterocycles. The first-order valence-electron chi connectivity index (χ1n) is 9.28. The van der Waals surface area contributed by atoms with Gasteiger partial charge in [-0.2, -0.15) is 0 Å². The lowest BCUT2D eigenvalue weighted by molar-refractivity contribution is -0.133. The number of amides is 1. The number of ether oxygens (including phenoxy) is 1. The molecule has 0 unspecified atom stereocenters. The Morgan fingerprint density at radius 3 is 2.73 bits per heavy atom. The molecule has 26 heavy (non-hydrogen) atoms. The van der Waals surface area contributed by atoms with Crippen molar-refractivity contribution in [3.8, 4) is 11.5 Å². The molecular formula is C20H27N3O3. The number of piperidine rings is 1.